The second-order valence-electron chi connectivity index (χ2n) is 9.37. The van der Waals surface area contributed by atoms with Gasteiger partial charge in [-0.3, -0.25) is 4.79 Å². The van der Waals surface area contributed by atoms with Gasteiger partial charge in [-0.2, -0.15) is 9.78 Å². The van der Waals surface area contributed by atoms with E-state index in [2.05, 4.69) is 55.5 Å². The van der Waals surface area contributed by atoms with Crippen LogP contribution in [0, 0.1) is 27.7 Å². The molecular weight excluding hydrogens is 448 g/mol. The van der Waals surface area contributed by atoms with E-state index in [9.17, 15) is 4.79 Å². The van der Waals surface area contributed by atoms with E-state index in [1.54, 1.807) is 4.68 Å². The normalized spacial score (nSPS) is 11.2. The van der Waals surface area contributed by atoms with Crippen molar-refractivity contribution in [3.63, 3.8) is 0 Å². The first-order chi connectivity index (χ1) is 17.4. The molecule has 6 heteroatoms. The van der Waals surface area contributed by atoms with Crippen LogP contribution in [0.3, 0.4) is 0 Å². The minimum atomic E-state index is -0.0809. The third kappa shape index (κ3) is 4.93. The number of amides is 1. The summed E-state index contributed by atoms with van der Waals surface area (Å²) < 4.78 is 7.59. The summed E-state index contributed by atoms with van der Waals surface area (Å²) in [7, 11) is 0. The number of carbonyl (C=O) groups is 1. The number of hydrogen-bond acceptors (Lipinski definition) is 4. The number of nitrogens with one attached hydrogen (secondary N) is 1. The lowest BCUT2D eigenvalue weighted by molar-refractivity contribution is -0.116. The molecule has 5 rings (SSSR count). The van der Waals surface area contributed by atoms with Crippen LogP contribution in [-0.2, 0) is 4.79 Å². The first kappa shape index (κ1) is 23.5. The summed E-state index contributed by atoms with van der Waals surface area (Å²) in [5, 5.41) is 11.1. The SMILES string of the molecule is Cc1cc(C)c2nc(-n3nc(C)cc3NC(=O)CCCOc3ccc4ccccc4c3)cc(C)c2c1. The number of rotatable bonds is 7. The van der Waals surface area contributed by atoms with E-state index in [4.69, 9.17) is 9.72 Å². The summed E-state index contributed by atoms with van der Waals surface area (Å²) in [5.41, 5.74) is 5.22. The van der Waals surface area contributed by atoms with E-state index < -0.39 is 0 Å². The van der Waals surface area contributed by atoms with Gasteiger partial charge >= 0.3 is 0 Å². The molecule has 1 N–H and O–H groups in total. The number of nitrogens with zero attached hydrogens (tertiary/aromatic N) is 3. The molecular formula is C30H30N4O2. The molecule has 0 aliphatic rings. The fourth-order valence-corrected chi connectivity index (χ4v) is 4.58. The van der Waals surface area contributed by atoms with E-state index in [1.165, 1.54) is 10.9 Å². The molecule has 6 nitrogen and oxygen atoms in total. The van der Waals surface area contributed by atoms with Crippen molar-refractivity contribution >= 4 is 33.4 Å². The lowest BCUT2D eigenvalue weighted by Crippen LogP contribution is -2.16. The van der Waals surface area contributed by atoms with Gasteiger partial charge in [-0.05, 0) is 80.3 Å². The molecule has 36 heavy (non-hydrogen) atoms. The summed E-state index contributed by atoms with van der Waals surface area (Å²) in [6.07, 6.45) is 0.956. The Morgan fingerprint density at radius 3 is 2.56 bits per heavy atom. The van der Waals surface area contributed by atoms with Crippen molar-refractivity contribution in [2.45, 2.75) is 40.5 Å². The van der Waals surface area contributed by atoms with Crippen LogP contribution in [0.15, 0.2) is 66.7 Å². The van der Waals surface area contributed by atoms with Crippen molar-refractivity contribution in [1.82, 2.24) is 14.8 Å². The number of aromatic nitrogens is 3. The Labute approximate surface area is 210 Å². The third-order valence-corrected chi connectivity index (χ3v) is 6.30. The summed E-state index contributed by atoms with van der Waals surface area (Å²) in [6, 6.07) is 22.4. The quantitative estimate of drug-likeness (QED) is 0.267. The molecule has 0 saturated carbocycles. The van der Waals surface area contributed by atoms with Gasteiger partial charge in [0.2, 0.25) is 5.91 Å². The number of carbonyl (C=O) groups excluding carboxylic acids is 1. The zero-order chi connectivity index (χ0) is 25.2. The Balaban J connectivity index is 1.25. The van der Waals surface area contributed by atoms with Gasteiger partial charge in [0.25, 0.3) is 0 Å². The predicted molar refractivity (Wildman–Crippen MR) is 145 cm³/mol. The molecule has 0 spiro atoms. The van der Waals surface area contributed by atoms with Crippen LogP contribution in [0.5, 0.6) is 5.75 Å². The van der Waals surface area contributed by atoms with Gasteiger partial charge in [0.15, 0.2) is 5.82 Å². The molecule has 182 valence electrons. The maximum absolute atomic E-state index is 12.7. The van der Waals surface area contributed by atoms with Crippen molar-refractivity contribution in [1.29, 1.82) is 0 Å². The van der Waals surface area contributed by atoms with Gasteiger partial charge in [-0.15, -0.1) is 0 Å². The molecule has 0 atom stereocenters. The van der Waals surface area contributed by atoms with Gasteiger partial charge in [-0.25, -0.2) is 4.98 Å². The average Bonchev–Trinajstić information content (AvgIpc) is 3.22. The number of benzene rings is 3. The molecule has 1 amide bonds. The zero-order valence-electron chi connectivity index (χ0n) is 21.1. The van der Waals surface area contributed by atoms with Crippen LogP contribution >= 0.6 is 0 Å². The fourth-order valence-electron chi connectivity index (χ4n) is 4.58. The number of hydrogen-bond donors (Lipinski definition) is 1. The van der Waals surface area contributed by atoms with E-state index in [1.807, 2.05) is 49.4 Å². The molecule has 0 saturated heterocycles. The fraction of sp³-hybridized carbons (Fsp3) is 0.233. The van der Waals surface area contributed by atoms with Crippen LogP contribution in [0.1, 0.15) is 35.2 Å². The molecule has 0 fully saturated rings. The number of anilines is 1. The van der Waals surface area contributed by atoms with E-state index >= 15 is 0 Å². The van der Waals surface area contributed by atoms with Gasteiger partial charge in [0, 0.05) is 17.9 Å². The monoisotopic (exact) mass is 478 g/mol. The number of aryl methyl sites for hydroxylation is 4. The van der Waals surface area contributed by atoms with Gasteiger partial charge in [-0.1, -0.05) is 42.0 Å². The zero-order valence-corrected chi connectivity index (χ0v) is 21.1. The van der Waals surface area contributed by atoms with Crippen molar-refractivity contribution in [2.24, 2.45) is 0 Å². The summed E-state index contributed by atoms with van der Waals surface area (Å²) in [6.45, 7) is 8.62. The molecule has 0 unspecified atom stereocenters. The van der Waals surface area contributed by atoms with Crippen LogP contribution in [-0.4, -0.2) is 27.3 Å². The molecule has 0 radical (unpaired) electrons. The highest BCUT2D eigenvalue weighted by atomic mass is 16.5. The summed E-state index contributed by atoms with van der Waals surface area (Å²) >= 11 is 0. The molecule has 0 bridgehead atoms. The maximum atomic E-state index is 12.7. The van der Waals surface area contributed by atoms with Gasteiger partial charge in [0.1, 0.15) is 11.6 Å². The second kappa shape index (κ2) is 9.82. The van der Waals surface area contributed by atoms with E-state index in [-0.39, 0.29) is 5.91 Å². The molecule has 5 aromatic rings. The first-order valence-electron chi connectivity index (χ1n) is 12.2. The second-order valence-corrected chi connectivity index (χ2v) is 9.37. The van der Waals surface area contributed by atoms with Crippen molar-refractivity contribution in [3.05, 3.63) is 89.1 Å². The Morgan fingerprint density at radius 1 is 0.917 bits per heavy atom. The number of fused-ring (bicyclic) bond motifs is 2. The highest BCUT2D eigenvalue weighted by Crippen LogP contribution is 2.26. The van der Waals surface area contributed by atoms with E-state index in [0.29, 0.717) is 31.1 Å². The predicted octanol–water partition coefficient (Wildman–Crippen LogP) is 6.61. The Morgan fingerprint density at radius 2 is 1.72 bits per heavy atom. The Bertz CT molecular complexity index is 1590. The van der Waals surface area contributed by atoms with Crippen molar-refractivity contribution < 1.29 is 9.53 Å². The Kier molecular flexibility index (Phi) is 6.42. The summed E-state index contributed by atoms with van der Waals surface area (Å²) in [5.74, 6) is 2.03. The van der Waals surface area contributed by atoms with Gasteiger partial charge < -0.3 is 10.1 Å². The van der Waals surface area contributed by atoms with Crippen molar-refractivity contribution in [2.75, 3.05) is 11.9 Å². The maximum Gasteiger partial charge on any atom is 0.225 e. The van der Waals surface area contributed by atoms with Crippen LogP contribution in [0.25, 0.3) is 27.5 Å². The largest absolute Gasteiger partial charge is 0.494 e. The van der Waals surface area contributed by atoms with Crippen LogP contribution in [0.4, 0.5) is 5.82 Å². The molecule has 2 heterocycles. The Hall–Kier alpha value is -4.19. The van der Waals surface area contributed by atoms with E-state index in [0.717, 1.165) is 38.9 Å². The topological polar surface area (TPSA) is 69.0 Å². The molecule has 2 aromatic heterocycles. The number of ether oxygens (including phenoxy) is 1. The standard InChI is InChI=1S/C30H30N4O2/c1-19-14-21(3)30-26(15-19)20(2)16-27(32-30)34-28(17-22(4)33-34)31-29(35)10-7-13-36-25-12-11-23-8-5-6-9-24(23)18-25/h5-6,8-9,11-12,14-18H,7,10,13H2,1-4H3,(H,31,35). The minimum Gasteiger partial charge on any atom is -0.494 e. The highest BCUT2D eigenvalue weighted by Gasteiger charge is 2.14. The van der Waals surface area contributed by atoms with Crippen molar-refractivity contribution in [3.8, 4) is 11.6 Å². The average molecular weight is 479 g/mol. The minimum absolute atomic E-state index is 0.0809. The lowest BCUT2D eigenvalue weighted by atomic mass is 10.0. The molecule has 0 aliphatic heterocycles. The highest BCUT2D eigenvalue weighted by molar-refractivity contribution is 5.90. The van der Waals surface area contributed by atoms with Gasteiger partial charge in [0.05, 0.1) is 17.8 Å². The lowest BCUT2D eigenvalue weighted by Gasteiger charge is -2.12. The molecule has 0 aliphatic carbocycles. The van der Waals surface area contributed by atoms with Crippen LogP contribution < -0.4 is 10.1 Å². The summed E-state index contributed by atoms with van der Waals surface area (Å²) in [4.78, 5) is 17.6. The molecule has 3 aromatic carbocycles. The van der Waals surface area contributed by atoms with Crippen LogP contribution in [0.2, 0.25) is 0 Å². The third-order valence-electron chi connectivity index (χ3n) is 6.30. The smallest absolute Gasteiger partial charge is 0.225 e. The first-order valence-corrected chi connectivity index (χ1v) is 12.2. The number of pyridine rings is 1.